The molecule has 2 aromatic carbocycles. The van der Waals surface area contributed by atoms with E-state index >= 15 is 0 Å². The number of halogens is 3. The second kappa shape index (κ2) is 11.5. The number of aromatic carboxylic acids is 1. The molecule has 1 unspecified atom stereocenters. The third kappa shape index (κ3) is 5.51. The summed E-state index contributed by atoms with van der Waals surface area (Å²) in [5.74, 6) is -0.950. The molecule has 4 aromatic rings. The average molecular weight is 642 g/mol. The Morgan fingerprint density at radius 2 is 1.98 bits per heavy atom. The van der Waals surface area contributed by atoms with Crippen LogP contribution in [0.25, 0.3) is 11.0 Å². The second-order valence-corrected chi connectivity index (χ2v) is 12.0. The van der Waals surface area contributed by atoms with E-state index in [1.165, 1.54) is 18.2 Å². The zero-order valence-corrected chi connectivity index (χ0v) is 24.8. The molecule has 13 heteroatoms. The summed E-state index contributed by atoms with van der Waals surface area (Å²) in [6.07, 6.45) is -1.45. The number of pyridine rings is 1. The monoisotopic (exact) mass is 641 g/mol. The number of hydrogen-bond donors (Lipinski definition) is 1. The molecule has 7 rings (SSSR count). The number of carboxylic acids is 1. The first kappa shape index (κ1) is 26.8. The fraction of sp³-hybridized carbons (Fsp3) is 0.424. The van der Waals surface area contributed by atoms with Crippen LogP contribution in [-0.2, 0) is 29.8 Å². The number of aromatic nitrogens is 3. The van der Waals surface area contributed by atoms with Crippen LogP contribution in [0, 0.1) is 0 Å². The molecule has 2 fully saturated rings. The number of benzene rings is 2. The Balaban J connectivity index is 1.10. The first-order valence-electron chi connectivity index (χ1n) is 16.5. The number of likely N-dealkylation sites (tertiary alicyclic amines) is 1. The standard InChI is InChI=1S/C33H33F3N4O6/c1-32(27-7-6-21(16-37-27)33(34,35)36)45-25-5-3-4-23(30(25)46-32)19-8-11-39(12-9-19)18-28-38-29-24(40(28)17-22-10-13-44-22)14-20(31(41)42)15-26(29)43-2/h3-7,14-16,19,22H,8-13,17-18H2,1-2H3,(H,41,42)/t22-,32?/m0/s1/i2D3. The van der Waals surface area contributed by atoms with Crippen molar-refractivity contribution in [1.82, 2.24) is 19.4 Å². The summed E-state index contributed by atoms with van der Waals surface area (Å²) in [6, 6.07) is 10.5. The minimum absolute atomic E-state index is 0.0757. The molecule has 1 N–H and O–H groups in total. The lowest BCUT2D eigenvalue weighted by Crippen LogP contribution is -2.35. The van der Waals surface area contributed by atoms with Gasteiger partial charge < -0.3 is 28.6 Å². The van der Waals surface area contributed by atoms with Crippen molar-refractivity contribution >= 4 is 17.0 Å². The largest absolute Gasteiger partial charge is 0.494 e. The van der Waals surface area contributed by atoms with Crippen LogP contribution in [0.4, 0.5) is 13.2 Å². The number of nitrogens with zero attached hydrogens (tertiary/aromatic N) is 4. The molecular weight excluding hydrogens is 605 g/mol. The molecule has 5 heterocycles. The Labute approximate surface area is 266 Å². The predicted molar refractivity (Wildman–Crippen MR) is 159 cm³/mol. The van der Waals surface area contributed by atoms with Crippen LogP contribution in [-0.4, -0.2) is 63.3 Å². The van der Waals surface area contributed by atoms with Crippen LogP contribution in [0.5, 0.6) is 17.2 Å². The third-order valence-electron chi connectivity index (χ3n) is 8.99. The van der Waals surface area contributed by atoms with Gasteiger partial charge in [-0.3, -0.25) is 9.88 Å². The molecule has 0 saturated carbocycles. The molecular formula is C33H33F3N4O6. The van der Waals surface area contributed by atoms with E-state index in [0.29, 0.717) is 55.6 Å². The highest BCUT2D eigenvalue weighted by molar-refractivity contribution is 5.95. The first-order valence-corrected chi connectivity index (χ1v) is 15.0. The number of rotatable bonds is 8. The number of methoxy groups -OCH3 is 1. The quantitative estimate of drug-likeness (QED) is 0.249. The SMILES string of the molecule is [2H]C([2H])([2H])Oc1cc(C(=O)O)cc2c1nc(CN1CCC(c3cccc4c3OC(C)(c3ccc(C(F)(F)F)cn3)O4)CC1)n2C[C@@H]1CCO1. The maximum absolute atomic E-state index is 13.1. The van der Waals surface area contributed by atoms with Crippen molar-refractivity contribution in [1.29, 1.82) is 0 Å². The Morgan fingerprint density at radius 3 is 2.63 bits per heavy atom. The molecule has 3 aliphatic heterocycles. The smallest absolute Gasteiger partial charge is 0.417 e. The van der Waals surface area contributed by atoms with Crippen molar-refractivity contribution in [2.45, 2.75) is 63.3 Å². The van der Waals surface area contributed by atoms with Crippen LogP contribution >= 0.6 is 0 Å². The minimum atomic E-state index is -4.51. The van der Waals surface area contributed by atoms with Gasteiger partial charge in [0.15, 0.2) is 11.5 Å². The lowest BCUT2D eigenvalue weighted by atomic mass is 9.88. The van der Waals surface area contributed by atoms with E-state index in [4.69, 9.17) is 28.0 Å². The number of para-hydroxylation sites is 1. The summed E-state index contributed by atoms with van der Waals surface area (Å²) < 4.78 is 87.3. The molecule has 3 aliphatic rings. The van der Waals surface area contributed by atoms with Gasteiger partial charge in [-0.15, -0.1) is 0 Å². The van der Waals surface area contributed by atoms with Crippen molar-refractivity contribution < 1.29 is 46.1 Å². The van der Waals surface area contributed by atoms with Crippen molar-refractivity contribution in [3.05, 3.63) is 76.9 Å². The summed E-state index contributed by atoms with van der Waals surface area (Å²) in [4.78, 5) is 23.0. The number of carboxylic acid groups (broad SMARTS) is 1. The fourth-order valence-electron chi connectivity index (χ4n) is 6.40. The van der Waals surface area contributed by atoms with E-state index in [1.54, 1.807) is 13.0 Å². The van der Waals surface area contributed by atoms with Crippen molar-refractivity contribution in [2.24, 2.45) is 0 Å². The van der Waals surface area contributed by atoms with E-state index in [2.05, 4.69) is 9.88 Å². The molecule has 0 radical (unpaired) electrons. The Morgan fingerprint density at radius 1 is 1.17 bits per heavy atom. The number of carbonyl (C=O) groups is 1. The fourth-order valence-corrected chi connectivity index (χ4v) is 6.40. The topological polar surface area (TPSA) is 108 Å². The van der Waals surface area contributed by atoms with E-state index in [0.717, 1.165) is 37.1 Å². The van der Waals surface area contributed by atoms with Gasteiger partial charge in [0.25, 0.3) is 5.79 Å². The molecule has 46 heavy (non-hydrogen) atoms. The maximum atomic E-state index is 13.1. The van der Waals surface area contributed by atoms with Crippen molar-refractivity contribution in [2.75, 3.05) is 26.7 Å². The summed E-state index contributed by atoms with van der Waals surface area (Å²) in [5, 5.41) is 9.75. The van der Waals surface area contributed by atoms with E-state index in [1.807, 2.05) is 16.7 Å². The van der Waals surface area contributed by atoms with Gasteiger partial charge in [-0.2, -0.15) is 13.2 Å². The van der Waals surface area contributed by atoms with Gasteiger partial charge in [-0.1, -0.05) is 12.1 Å². The highest BCUT2D eigenvalue weighted by Crippen LogP contribution is 2.49. The molecule has 0 amide bonds. The number of piperidine rings is 1. The normalized spacial score (nSPS) is 23.0. The zero-order valence-electron chi connectivity index (χ0n) is 27.8. The zero-order chi connectivity index (χ0) is 34.7. The van der Waals surface area contributed by atoms with Gasteiger partial charge in [-0.05, 0) is 68.6 Å². The highest BCUT2D eigenvalue weighted by atomic mass is 19.4. The molecule has 0 aliphatic carbocycles. The third-order valence-corrected chi connectivity index (χ3v) is 8.99. The van der Waals surface area contributed by atoms with E-state index < -0.39 is 30.5 Å². The van der Waals surface area contributed by atoms with Gasteiger partial charge in [0.1, 0.15) is 22.8 Å². The molecule has 0 spiro atoms. The summed E-state index contributed by atoms with van der Waals surface area (Å²) >= 11 is 0. The Hall–Kier alpha value is -4.36. The average Bonchev–Trinajstić information content (AvgIpc) is 3.55. The number of ether oxygens (including phenoxy) is 4. The van der Waals surface area contributed by atoms with Crippen LogP contribution < -0.4 is 14.2 Å². The highest BCUT2D eigenvalue weighted by Gasteiger charge is 2.43. The predicted octanol–water partition coefficient (Wildman–Crippen LogP) is 5.97. The lowest BCUT2D eigenvalue weighted by Gasteiger charge is -2.33. The van der Waals surface area contributed by atoms with Crippen molar-refractivity contribution in [3.63, 3.8) is 0 Å². The van der Waals surface area contributed by atoms with Gasteiger partial charge in [-0.25, -0.2) is 9.78 Å². The second-order valence-electron chi connectivity index (χ2n) is 12.0. The van der Waals surface area contributed by atoms with Gasteiger partial charge in [0.05, 0.1) is 47.0 Å². The number of alkyl halides is 3. The first-order chi connectivity index (χ1) is 23.2. The van der Waals surface area contributed by atoms with Crippen molar-refractivity contribution in [3.8, 4) is 17.2 Å². The molecule has 2 aromatic heterocycles. The van der Waals surface area contributed by atoms with E-state index in [9.17, 15) is 23.1 Å². The Kier molecular flexibility index (Phi) is 6.68. The van der Waals surface area contributed by atoms with Crippen LogP contribution in [0.3, 0.4) is 0 Å². The van der Waals surface area contributed by atoms with Crippen LogP contribution in [0.1, 0.15) is 69.2 Å². The molecule has 10 nitrogen and oxygen atoms in total. The molecule has 0 bridgehead atoms. The molecule has 2 saturated heterocycles. The lowest BCUT2D eigenvalue weighted by molar-refractivity contribution is -0.138. The Bertz CT molecular complexity index is 1890. The molecule has 242 valence electrons. The van der Waals surface area contributed by atoms with Gasteiger partial charge >= 0.3 is 12.1 Å². The summed E-state index contributed by atoms with van der Waals surface area (Å²) in [5.41, 5.74) is 0.922. The molecule has 2 atom stereocenters. The van der Waals surface area contributed by atoms with Gasteiger partial charge in [0.2, 0.25) is 0 Å². The summed E-state index contributed by atoms with van der Waals surface area (Å²) in [7, 11) is -2.80. The van der Waals surface area contributed by atoms with Gasteiger partial charge in [0, 0.05) is 25.3 Å². The minimum Gasteiger partial charge on any atom is -0.494 e. The summed E-state index contributed by atoms with van der Waals surface area (Å²) in [6.45, 7) is 4.49. The number of imidazole rings is 1. The van der Waals surface area contributed by atoms with Crippen LogP contribution in [0.15, 0.2) is 48.7 Å². The number of fused-ring (bicyclic) bond motifs is 2. The van der Waals surface area contributed by atoms with E-state index in [-0.39, 0.29) is 34.5 Å². The number of hydrogen-bond acceptors (Lipinski definition) is 8. The maximum Gasteiger partial charge on any atom is 0.417 e. The van der Waals surface area contributed by atoms with Crippen LogP contribution in [0.2, 0.25) is 0 Å².